The third kappa shape index (κ3) is 4.00. The number of rotatable bonds is 5. The summed E-state index contributed by atoms with van der Waals surface area (Å²) in [6, 6.07) is 0.464. The minimum atomic E-state index is 0.464. The molecular weight excluding hydrogens is 309 g/mol. The summed E-state index contributed by atoms with van der Waals surface area (Å²) in [7, 11) is 0. The number of nitrogens with zero attached hydrogens (tertiary/aromatic N) is 2. The van der Waals surface area contributed by atoms with Gasteiger partial charge < -0.3 is 5.32 Å². The number of hydrogen-bond acceptors (Lipinski definition) is 4. The van der Waals surface area contributed by atoms with E-state index in [-0.39, 0.29) is 0 Å². The van der Waals surface area contributed by atoms with E-state index in [9.17, 15) is 0 Å². The summed E-state index contributed by atoms with van der Waals surface area (Å²) in [4.78, 5) is 8.14. The van der Waals surface area contributed by atoms with Crippen LogP contribution in [0.25, 0.3) is 0 Å². The fraction of sp³-hybridized carbons (Fsp3) is 0.556. The summed E-state index contributed by atoms with van der Waals surface area (Å²) in [5, 5.41) is 3.37. The van der Waals surface area contributed by atoms with Crippen LogP contribution in [0.1, 0.15) is 13.3 Å². The van der Waals surface area contributed by atoms with Crippen LogP contribution in [0, 0.1) is 3.57 Å². The van der Waals surface area contributed by atoms with Gasteiger partial charge in [-0.25, -0.2) is 9.97 Å². The summed E-state index contributed by atoms with van der Waals surface area (Å²) in [6.07, 6.45) is 6.67. The van der Waals surface area contributed by atoms with Crippen LogP contribution in [0.4, 0.5) is 5.82 Å². The van der Waals surface area contributed by atoms with E-state index < -0.39 is 0 Å². The number of anilines is 1. The molecule has 1 aromatic rings. The van der Waals surface area contributed by atoms with Gasteiger partial charge >= 0.3 is 0 Å². The van der Waals surface area contributed by atoms with E-state index in [0.717, 1.165) is 15.8 Å². The molecular formula is C9H14IN3S. The van der Waals surface area contributed by atoms with Crippen molar-refractivity contribution in [2.75, 3.05) is 17.3 Å². The van der Waals surface area contributed by atoms with Crippen molar-refractivity contribution in [3.05, 3.63) is 16.1 Å². The second-order valence-corrected chi connectivity index (χ2v) is 5.19. The molecule has 0 aliphatic rings. The maximum absolute atomic E-state index is 4.19. The molecule has 1 N–H and O–H groups in total. The zero-order valence-corrected chi connectivity index (χ0v) is 11.3. The summed E-state index contributed by atoms with van der Waals surface area (Å²) in [5.41, 5.74) is 0. The van der Waals surface area contributed by atoms with Gasteiger partial charge in [-0.1, -0.05) is 0 Å². The third-order valence-electron chi connectivity index (χ3n) is 1.81. The van der Waals surface area contributed by atoms with Gasteiger partial charge in [0.2, 0.25) is 0 Å². The molecule has 1 aromatic heterocycles. The highest BCUT2D eigenvalue weighted by molar-refractivity contribution is 14.1. The van der Waals surface area contributed by atoms with E-state index in [2.05, 4.69) is 51.1 Å². The standard InChI is InChI=1S/C9H14IN3S/c1-7(3-4-14-2)13-9-8(10)5-11-6-12-9/h5-7H,3-4H2,1-2H3,(H,11,12,13). The van der Waals surface area contributed by atoms with Crippen LogP contribution < -0.4 is 5.32 Å². The van der Waals surface area contributed by atoms with Gasteiger partial charge in [-0.15, -0.1) is 0 Å². The molecule has 0 aliphatic carbocycles. The Morgan fingerprint density at radius 2 is 2.43 bits per heavy atom. The maximum atomic E-state index is 4.19. The number of nitrogens with one attached hydrogen (secondary N) is 1. The van der Waals surface area contributed by atoms with Gasteiger partial charge in [-0.05, 0) is 47.9 Å². The van der Waals surface area contributed by atoms with E-state index in [4.69, 9.17) is 0 Å². The fourth-order valence-corrected chi connectivity index (χ4v) is 2.06. The van der Waals surface area contributed by atoms with Crippen molar-refractivity contribution in [3.8, 4) is 0 Å². The number of halogens is 1. The van der Waals surface area contributed by atoms with Crippen LogP contribution in [-0.4, -0.2) is 28.0 Å². The summed E-state index contributed by atoms with van der Waals surface area (Å²) in [6.45, 7) is 2.18. The normalized spacial score (nSPS) is 12.5. The van der Waals surface area contributed by atoms with Gasteiger partial charge in [0.15, 0.2) is 0 Å². The second-order valence-electron chi connectivity index (χ2n) is 3.05. The lowest BCUT2D eigenvalue weighted by Crippen LogP contribution is -2.17. The van der Waals surface area contributed by atoms with Crippen molar-refractivity contribution in [2.45, 2.75) is 19.4 Å². The zero-order valence-electron chi connectivity index (χ0n) is 8.33. The largest absolute Gasteiger partial charge is 0.367 e. The van der Waals surface area contributed by atoms with Crippen molar-refractivity contribution >= 4 is 40.2 Å². The van der Waals surface area contributed by atoms with Crippen LogP contribution in [0.3, 0.4) is 0 Å². The third-order valence-corrected chi connectivity index (χ3v) is 3.24. The number of thioether (sulfide) groups is 1. The van der Waals surface area contributed by atoms with Gasteiger partial charge in [0, 0.05) is 12.2 Å². The topological polar surface area (TPSA) is 37.8 Å². The molecule has 1 atom stereocenters. The van der Waals surface area contributed by atoms with Gasteiger partial charge in [-0.2, -0.15) is 11.8 Å². The molecule has 0 spiro atoms. The number of hydrogen-bond donors (Lipinski definition) is 1. The quantitative estimate of drug-likeness (QED) is 0.846. The van der Waals surface area contributed by atoms with Crippen molar-refractivity contribution in [1.82, 2.24) is 9.97 Å². The molecule has 14 heavy (non-hydrogen) atoms. The van der Waals surface area contributed by atoms with Crippen molar-refractivity contribution in [1.29, 1.82) is 0 Å². The maximum Gasteiger partial charge on any atom is 0.143 e. The first-order chi connectivity index (χ1) is 6.74. The van der Waals surface area contributed by atoms with E-state index in [1.165, 1.54) is 5.75 Å². The van der Waals surface area contributed by atoms with E-state index in [1.54, 1.807) is 6.33 Å². The molecule has 0 fully saturated rings. The zero-order chi connectivity index (χ0) is 10.4. The Labute approximate surface area is 103 Å². The molecule has 1 heterocycles. The van der Waals surface area contributed by atoms with Crippen molar-refractivity contribution in [2.24, 2.45) is 0 Å². The Hall–Kier alpha value is -0.0400. The van der Waals surface area contributed by atoms with E-state index in [1.807, 2.05) is 18.0 Å². The van der Waals surface area contributed by atoms with Gasteiger partial charge in [0.25, 0.3) is 0 Å². The van der Waals surface area contributed by atoms with Gasteiger partial charge in [0.05, 0.1) is 3.57 Å². The first kappa shape index (κ1) is 12.0. The molecule has 3 nitrogen and oxygen atoms in total. The monoisotopic (exact) mass is 323 g/mol. The Balaban J connectivity index is 2.47. The van der Waals surface area contributed by atoms with Crippen molar-refractivity contribution < 1.29 is 0 Å². The van der Waals surface area contributed by atoms with Gasteiger partial charge in [-0.3, -0.25) is 0 Å². The second kappa shape index (κ2) is 6.44. The highest BCUT2D eigenvalue weighted by atomic mass is 127. The minimum Gasteiger partial charge on any atom is -0.367 e. The molecule has 0 aliphatic heterocycles. The Morgan fingerprint density at radius 3 is 3.07 bits per heavy atom. The average Bonchev–Trinajstić information content (AvgIpc) is 2.18. The van der Waals surface area contributed by atoms with Crippen LogP contribution in [0.2, 0.25) is 0 Å². The van der Waals surface area contributed by atoms with Crippen LogP contribution >= 0.6 is 34.4 Å². The molecule has 0 bridgehead atoms. The molecule has 0 radical (unpaired) electrons. The fourth-order valence-electron chi connectivity index (χ4n) is 1.02. The van der Waals surface area contributed by atoms with E-state index in [0.29, 0.717) is 6.04 Å². The van der Waals surface area contributed by atoms with Gasteiger partial charge in [0.1, 0.15) is 12.1 Å². The van der Waals surface area contributed by atoms with Crippen molar-refractivity contribution in [3.63, 3.8) is 0 Å². The van der Waals surface area contributed by atoms with Crippen LogP contribution in [-0.2, 0) is 0 Å². The Kier molecular flexibility index (Phi) is 5.54. The lowest BCUT2D eigenvalue weighted by molar-refractivity contribution is 0.765. The Morgan fingerprint density at radius 1 is 1.64 bits per heavy atom. The molecule has 5 heteroatoms. The highest BCUT2D eigenvalue weighted by Crippen LogP contribution is 2.14. The summed E-state index contributed by atoms with van der Waals surface area (Å²) in [5.74, 6) is 2.12. The van der Waals surface area contributed by atoms with Crippen LogP contribution in [0.15, 0.2) is 12.5 Å². The predicted molar refractivity (Wildman–Crippen MR) is 70.8 cm³/mol. The SMILES string of the molecule is CSCCC(C)Nc1ncncc1I. The molecule has 1 unspecified atom stereocenters. The number of aromatic nitrogens is 2. The Bertz CT molecular complexity index is 283. The van der Waals surface area contributed by atoms with E-state index >= 15 is 0 Å². The first-order valence-corrected chi connectivity index (χ1v) is 6.92. The molecule has 0 saturated carbocycles. The lowest BCUT2D eigenvalue weighted by atomic mass is 10.2. The molecule has 78 valence electrons. The predicted octanol–water partition coefficient (Wildman–Crippen LogP) is 2.63. The summed E-state index contributed by atoms with van der Waals surface area (Å²) >= 11 is 4.11. The first-order valence-electron chi connectivity index (χ1n) is 4.45. The minimum absolute atomic E-state index is 0.464. The molecule has 0 aromatic carbocycles. The molecule has 0 saturated heterocycles. The lowest BCUT2D eigenvalue weighted by Gasteiger charge is -2.14. The smallest absolute Gasteiger partial charge is 0.143 e. The van der Waals surface area contributed by atoms with Crippen LogP contribution in [0.5, 0.6) is 0 Å². The average molecular weight is 323 g/mol. The molecule has 0 amide bonds. The molecule has 1 rings (SSSR count). The summed E-state index contributed by atoms with van der Waals surface area (Å²) < 4.78 is 1.07. The highest BCUT2D eigenvalue weighted by Gasteiger charge is 2.05.